The van der Waals surface area contributed by atoms with E-state index in [1.807, 2.05) is 32.0 Å². The molecule has 20 heavy (non-hydrogen) atoms. The summed E-state index contributed by atoms with van der Waals surface area (Å²) in [4.78, 5) is 7.73. The number of nitrogens with zero attached hydrogens (tertiary/aromatic N) is 2. The van der Waals surface area contributed by atoms with Crippen LogP contribution >= 0.6 is 0 Å². The molecule has 1 atom stereocenters. The first-order valence-electron chi connectivity index (χ1n) is 7.21. The van der Waals surface area contributed by atoms with Gasteiger partial charge in [0.05, 0.1) is 11.3 Å². The van der Waals surface area contributed by atoms with Crippen molar-refractivity contribution in [3.8, 4) is 0 Å². The van der Waals surface area contributed by atoms with Gasteiger partial charge in [-0.2, -0.15) is 0 Å². The zero-order chi connectivity index (χ0) is 14.6. The van der Waals surface area contributed by atoms with Crippen molar-refractivity contribution >= 4 is 5.71 Å². The Morgan fingerprint density at radius 2 is 2.05 bits per heavy atom. The second kappa shape index (κ2) is 6.37. The molecule has 1 aromatic rings. The molecular formula is C16H24N2O2. The highest BCUT2D eigenvalue weighted by Gasteiger charge is 2.26. The predicted octanol–water partition coefficient (Wildman–Crippen LogP) is 2.27. The van der Waals surface area contributed by atoms with Gasteiger partial charge in [-0.15, -0.1) is 0 Å². The van der Waals surface area contributed by atoms with E-state index in [1.54, 1.807) is 0 Å². The Morgan fingerprint density at radius 3 is 2.65 bits per heavy atom. The van der Waals surface area contributed by atoms with Gasteiger partial charge < -0.3 is 9.94 Å². The molecule has 1 N–H and O–H groups in total. The first-order valence-corrected chi connectivity index (χ1v) is 7.21. The third-order valence-electron chi connectivity index (χ3n) is 3.36. The first-order chi connectivity index (χ1) is 9.48. The molecule has 0 unspecified atom stereocenters. The molecule has 1 heterocycles. The van der Waals surface area contributed by atoms with Gasteiger partial charge in [-0.3, -0.25) is 4.90 Å². The zero-order valence-corrected chi connectivity index (χ0v) is 12.5. The predicted molar refractivity (Wildman–Crippen MR) is 80.9 cm³/mol. The second-order valence-corrected chi connectivity index (χ2v) is 5.98. The highest BCUT2D eigenvalue weighted by molar-refractivity contribution is 6.01. The van der Waals surface area contributed by atoms with E-state index in [4.69, 9.17) is 4.84 Å². The fourth-order valence-electron chi connectivity index (χ4n) is 2.47. The summed E-state index contributed by atoms with van der Waals surface area (Å²) in [5, 5.41) is 14.1. The van der Waals surface area contributed by atoms with Crippen LogP contribution in [0.1, 0.15) is 32.8 Å². The summed E-state index contributed by atoms with van der Waals surface area (Å²) in [6, 6.07) is 10.1. The van der Waals surface area contributed by atoms with Crippen molar-refractivity contribution in [3.63, 3.8) is 0 Å². The van der Waals surface area contributed by atoms with Crippen molar-refractivity contribution in [3.05, 3.63) is 35.9 Å². The smallest absolute Gasteiger partial charge is 0.145 e. The molecule has 4 nitrogen and oxygen atoms in total. The molecule has 0 spiro atoms. The maximum absolute atomic E-state index is 9.91. The molecular weight excluding hydrogens is 252 g/mol. The largest absolute Gasteiger partial charge is 0.390 e. The van der Waals surface area contributed by atoms with E-state index in [0.717, 1.165) is 30.8 Å². The zero-order valence-electron chi connectivity index (χ0n) is 12.5. The summed E-state index contributed by atoms with van der Waals surface area (Å²) in [5.41, 5.74) is 1.45. The van der Waals surface area contributed by atoms with Crippen LogP contribution < -0.4 is 0 Å². The van der Waals surface area contributed by atoms with Crippen LogP contribution in [-0.2, 0) is 4.84 Å². The molecule has 110 valence electrons. The maximum atomic E-state index is 9.91. The summed E-state index contributed by atoms with van der Waals surface area (Å²) in [6.45, 7) is 8.09. The highest BCUT2D eigenvalue weighted by Crippen LogP contribution is 2.18. The number of oxime groups is 1. The molecule has 1 aromatic carbocycles. The van der Waals surface area contributed by atoms with Gasteiger partial charge in [0, 0.05) is 19.5 Å². The molecule has 0 aliphatic carbocycles. The lowest BCUT2D eigenvalue weighted by atomic mass is 10.0. The molecule has 0 bridgehead atoms. The van der Waals surface area contributed by atoms with Crippen LogP contribution in [0.2, 0.25) is 0 Å². The molecule has 0 amide bonds. The van der Waals surface area contributed by atoms with Gasteiger partial charge in [0.1, 0.15) is 6.10 Å². The lowest BCUT2D eigenvalue weighted by molar-refractivity contribution is 0.00699. The van der Waals surface area contributed by atoms with Gasteiger partial charge in [-0.1, -0.05) is 42.4 Å². The van der Waals surface area contributed by atoms with Gasteiger partial charge in [-0.05, 0) is 26.0 Å². The quantitative estimate of drug-likeness (QED) is 0.867. The van der Waals surface area contributed by atoms with Crippen LogP contribution in [0.4, 0.5) is 0 Å². The minimum Gasteiger partial charge on any atom is -0.390 e. The van der Waals surface area contributed by atoms with Gasteiger partial charge in [0.2, 0.25) is 0 Å². The molecule has 0 fully saturated rings. The van der Waals surface area contributed by atoms with E-state index >= 15 is 0 Å². The van der Waals surface area contributed by atoms with Gasteiger partial charge in [0.15, 0.2) is 0 Å². The van der Waals surface area contributed by atoms with E-state index in [-0.39, 0.29) is 6.10 Å². The molecule has 0 aromatic heterocycles. The summed E-state index contributed by atoms with van der Waals surface area (Å²) in [6.07, 6.45) is 0.902. The molecule has 0 radical (unpaired) electrons. The Bertz CT molecular complexity index is 451. The van der Waals surface area contributed by atoms with Crippen molar-refractivity contribution < 1.29 is 9.94 Å². The van der Waals surface area contributed by atoms with Crippen LogP contribution in [0.3, 0.4) is 0 Å². The fraction of sp³-hybridized carbons (Fsp3) is 0.562. The summed E-state index contributed by atoms with van der Waals surface area (Å²) in [7, 11) is 0. The number of hydrogen-bond acceptors (Lipinski definition) is 4. The number of rotatable bonds is 6. The number of likely N-dealkylation sites (N-methyl/N-ethyl adjacent to an activating group) is 1. The normalized spacial score (nSPS) is 19.1. The Kier molecular flexibility index (Phi) is 4.78. The summed E-state index contributed by atoms with van der Waals surface area (Å²) in [5.74, 6) is 0. The van der Waals surface area contributed by atoms with Crippen molar-refractivity contribution in [2.45, 2.75) is 38.9 Å². The molecule has 4 heteroatoms. The van der Waals surface area contributed by atoms with E-state index in [0.29, 0.717) is 6.54 Å². The minimum absolute atomic E-state index is 0.0764. The standard InChI is InChI=1S/C16H24N2O2/c1-4-18(12-16(2,3)19)11-14-10-15(17-20-14)13-8-6-5-7-9-13/h5-9,14,19H,4,10-12H2,1-3H3/t14-/m0/s1. The van der Waals surface area contributed by atoms with Crippen LogP contribution in [0, 0.1) is 0 Å². The average Bonchev–Trinajstić information content (AvgIpc) is 2.86. The monoisotopic (exact) mass is 276 g/mol. The average molecular weight is 276 g/mol. The first kappa shape index (κ1) is 15.0. The Hall–Kier alpha value is -1.39. The Labute approximate surface area is 121 Å². The van der Waals surface area contributed by atoms with Crippen LogP contribution in [-0.4, -0.2) is 47.1 Å². The highest BCUT2D eigenvalue weighted by atomic mass is 16.6. The topological polar surface area (TPSA) is 45.1 Å². The van der Waals surface area contributed by atoms with Crippen LogP contribution in [0.15, 0.2) is 35.5 Å². The second-order valence-electron chi connectivity index (χ2n) is 5.98. The molecule has 2 rings (SSSR count). The third-order valence-corrected chi connectivity index (χ3v) is 3.36. The van der Waals surface area contributed by atoms with Crippen molar-refractivity contribution in [1.82, 2.24) is 4.90 Å². The Morgan fingerprint density at radius 1 is 1.35 bits per heavy atom. The van der Waals surface area contributed by atoms with E-state index < -0.39 is 5.60 Å². The van der Waals surface area contributed by atoms with E-state index in [1.165, 1.54) is 0 Å². The molecule has 0 saturated carbocycles. The lowest BCUT2D eigenvalue weighted by Crippen LogP contribution is -2.42. The minimum atomic E-state index is -0.683. The summed E-state index contributed by atoms with van der Waals surface area (Å²) >= 11 is 0. The molecule has 1 aliphatic heterocycles. The Balaban J connectivity index is 1.88. The van der Waals surface area contributed by atoms with Crippen molar-refractivity contribution in [2.75, 3.05) is 19.6 Å². The maximum Gasteiger partial charge on any atom is 0.145 e. The van der Waals surface area contributed by atoms with Crippen LogP contribution in [0.25, 0.3) is 0 Å². The van der Waals surface area contributed by atoms with E-state index in [9.17, 15) is 5.11 Å². The number of benzene rings is 1. The number of aliphatic hydroxyl groups is 1. The van der Waals surface area contributed by atoms with Crippen molar-refractivity contribution in [2.24, 2.45) is 5.16 Å². The molecule has 1 aliphatic rings. The number of hydrogen-bond donors (Lipinski definition) is 1. The van der Waals surface area contributed by atoms with Gasteiger partial charge in [0.25, 0.3) is 0 Å². The van der Waals surface area contributed by atoms with Crippen LogP contribution in [0.5, 0.6) is 0 Å². The SMILES string of the molecule is CCN(C[C@@H]1CC(c2ccccc2)=NO1)CC(C)(C)O. The van der Waals surface area contributed by atoms with Gasteiger partial charge >= 0.3 is 0 Å². The fourth-order valence-corrected chi connectivity index (χ4v) is 2.47. The van der Waals surface area contributed by atoms with Gasteiger partial charge in [-0.25, -0.2) is 0 Å². The molecule has 0 saturated heterocycles. The third kappa shape index (κ3) is 4.32. The lowest BCUT2D eigenvalue weighted by Gasteiger charge is -2.29. The van der Waals surface area contributed by atoms with Crippen molar-refractivity contribution in [1.29, 1.82) is 0 Å². The summed E-state index contributed by atoms with van der Waals surface area (Å²) < 4.78 is 0. The van der Waals surface area contributed by atoms with E-state index in [2.05, 4.69) is 29.1 Å².